The molecule has 0 aliphatic rings. The Kier molecular flexibility index (Phi) is 4.05. The number of aliphatic hydroxyl groups excluding tert-OH is 1. The molecule has 1 aromatic rings. The maximum absolute atomic E-state index is 11.4. The van der Waals surface area contributed by atoms with Crippen molar-refractivity contribution in [1.82, 2.24) is 10.3 Å². The normalized spacial score (nSPS) is 11.9. The van der Waals surface area contributed by atoms with Crippen LogP contribution in [0.25, 0.3) is 0 Å². The van der Waals surface area contributed by atoms with Crippen LogP contribution in [0.4, 0.5) is 0 Å². The number of carbonyl (C=O) groups excluding carboxylic acids is 1. The van der Waals surface area contributed by atoms with Crippen molar-refractivity contribution < 1.29 is 14.6 Å². The zero-order valence-electron chi connectivity index (χ0n) is 8.73. The van der Waals surface area contributed by atoms with Gasteiger partial charge in [0, 0.05) is 18.8 Å². The van der Waals surface area contributed by atoms with Gasteiger partial charge < -0.3 is 15.2 Å². The molecule has 15 heavy (non-hydrogen) atoms. The Bertz CT molecular complexity index is 322. The van der Waals surface area contributed by atoms with Gasteiger partial charge in [-0.1, -0.05) is 0 Å². The minimum Gasteiger partial charge on any atom is -0.481 e. The van der Waals surface area contributed by atoms with Crippen LogP contribution in [0.15, 0.2) is 18.3 Å². The zero-order chi connectivity index (χ0) is 11.3. The van der Waals surface area contributed by atoms with Crippen molar-refractivity contribution in [2.75, 3.05) is 13.7 Å². The third-order valence-corrected chi connectivity index (χ3v) is 1.77. The number of hydrogen-bond donors (Lipinski definition) is 2. The topological polar surface area (TPSA) is 71.5 Å². The van der Waals surface area contributed by atoms with E-state index in [0.29, 0.717) is 11.4 Å². The number of rotatable bonds is 4. The van der Waals surface area contributed by atoms with Gasteiger partial charge >= 0.3 is 0 Å². The smallest absolute Gasteiger partial charge is 0.252 e. The summed E-state index contributed by atoms with van der Waals surface area (Å²) in [5.74, 6) is 0.202. The van der Waals surface area contributed by atoms with Gasteiger partial charge in [-0.15, -0.1) is 0 Å². The van der Waals surface area contributed by atoms with Crippen molar-refractivity contribution in [2.45, 2.75) is 13.0 Å². The number of hydrogen-bond acceptors (Lipinski definition) is 4. The Balaban J connectivity index is 2.58. The van der Waals surface area contributed by atoms with E-state index in [9.17, 15) is 4.79 Å². The molecule has 1 aromatic heterocycles. The average molecular weight is 210 g/mol. The molecule has 5 heteroatoms. The summed E-state index contributed by atoms with van der Waals surface area (Å²) in [5, 5.41) is 11.5. The summed E-state index contributed by atoms with van der Waals surface area (Å²) in [6.07, 6.45) is 0.871. The van der Waals surface area contributed by atoms with Crippen LogP contribution in [0.1, 0.15) is 17.3 Å². The molecule has 0 saturated heterocycles. The van der Waals surface area contributed by atoms with Crippen molar-refractivity contribution in [3.8, 4) is 5.88 Å². The maximum Gasteiger partial charge on any atom is 0.252 e. The predicted molar refractivity (Wildman–Crippen MR) is 54.8 cm³/mol. The van der Waals surface area contributed by atoms with E-state index in [1.807, 2.05) is 0 Å². The summed E-state index contributed by atoms with van der Waals surface area (Å²) < 4.78 is 4.86. The van der Waals surface area contributed by atoms with Crippen LogP contribution in [-0.4, -0.2) is 35.8 Å². The minimum absolute atomic E-state index is 0.227. The molecule has 1 rings (SSSR count). The summed E-state index contributed by atoms with van der Waals surface area (Å²) in [6, 6.07) is 3.22. The molecule has 2 N–H and O–H groups in total. The predicted octanol–water partition coefficient (Wildman–Crippen LogP) is 0.201. The third kappa shape index (κ3) is 3.55. The summed E-state index contributed by atoms with van der Waals surface area (Å²) >= 11 is 0. The highest BCUT2D eigenvalue weighted by Crippen LogP contribution is 2.06. The first-order chi connectivity index (χ1) is 7.13. The molecule has 1 heterocycles. The number of nitrogens with zero attached hydrogens (tertiary/aromatic N) is 1. The molecular formula is C10H14N2O3. The second kappa shape index (κ2) is 5.31. The highest BCUT2D eigenvalue weighted by atomic mass is 16.5. The Morgan fingerprint density at radius 1 is 1.67 bits per heavy atom. The van der Waals surface area contributed by atoms with Crippen LogP contribution in [0, 0.1) is 0 Å². The van der Waals surface area contributed by atoms with E-state index >= 15 is 0 Å². The van der Waals surface area contributed by atoms with E-state index in [0.717, 1.165) is 0 Å². The molecule has 0 aliphatic heterocycles. The number of ether oxygens (including phenoxy) is 1. The van der Waals surface area contributed by atoms with Gasteiger partial charge in [-0.05, 0) is 13.0 Å². The Morgan fingerprint density at radius 3 is 2.87 bits per heavy atom. The molecule has 0 radical (unpaired) electrons. The summed E-state index contributed by atoms with van der Waals surface area (Å²) in [6.45, 7) is 1.83. The first-order valence-corrected chi connectivity index (χ1v) is 4.60. The van der Waals surface area contributed by atoms with E-state index in [1.165, 1.54) is 13.3 Å². The highest BCUT2D eigenvalue weighted by molar-refractivity contribution is 5.93. The zero-order valence-corrected chi connectivity index (χ0v) is 8.73. The molecule has 0 aliphatic carbocycles. The summed E-state index contributed by atoms with van der Waals surface area (Å²) in [7, 11) is 1.51. The van der Waals surface area contributed by atoms with Crippen LogP contribution in [-0.2, 0) is 0 Å². The Hall–Kier alpha value is -1.62. The van der Waals surface area contributed by atoms with Crippen molar-refractivity contribution in [2.24, 2.45) is 0 Å². The molecule has 1 atom stereocenters. The van der Waals surface area contributed by atoms with E-state index in [-0.39, 0.29) is 12.5 Å². The molecule has 0 unspecified atom stereocenters. The third-order valence-electron chi connectivity index (χ3n) is 1.77. The number of aliphatic hydroxyl groups is 1. The van der Waals surface area contributed by atoms with Crippen molar-refractivity contribution >= 4 is 5.91 Å². The number of nitrogens with one attached hydrogen (secondary N) is 1. The number of aromatic nitrogens is 1. The standard InChI is InChI=1S/C10H14N2O3/c1-7(13)5-12-10(14)8-3-4-9(15-2)11-6-8/h3-4,6-7,13H,5H2,1-2H3,(H,12,14)/t7-/m1/s1. The lowest BCUT2D eigenvalue weighted by Crippen LogP contribution is -2.30. The molecule has 0 fully saturated rings. The summed E-state index contributed by atoms with van der Waals surface area (Å²) in [4.78, 5) is 15.3. The SMILES string of the molecule is COc1ccc(C(=O)NC[C@@H](C)O)cn1. The van der Waals surface area contributed by atoms with Gasteiger partial charge in [-0.25, -0.2) is 4.98 Å². The average Bonchev–Trinajstić information content (AvgIpc) is 2.26. The van der Waals surface area contributed by atoms with Gasteiger partial charge in [0.2, 0.25) is 5.88 Å². The van der Waals surface area contributed by atoms with Crippen LogP contribution in [0.2, 0.25) is 0 Å². The van der Waals surface area contributed by atoms with E-state index in [2.05, 4.69) is 10.3 Å². The van der Waals surface area contributed by atoms with Crippen LogP contribution >= 0.6 is 0 Å². The first kappa shape index (κ1) is 11.5. The lowest BCUT2D eigenvalue weighted by molar-refractivity contribution is 0.0923. The Morgan fingerprint density at radius 2 is 2.40 bits per heavy atom. The van der Waals surface area contributed by atoms with E-state index in [4.69, 9.17) is 9.84 Å². The Labute approximate surface area is 88.1 Å². The largest absolute Gasteiger partial charge is 0.481 e. The van der Waals surface area contributed by atoms with Crippen molar-refractivity contribution in [3.63, 3.8) is 0 Å². The number of methoxy groups -OCH3 is 1. The molecule has 1 amide bonds. The monoisotopic (exact) mass is 210 g/mol. The molecule has 0 spiro atoms. The fourth-order valence-corrected chi connectivity index (χ4v) is 0.978. The molecule has 0 bridgehead atoms. The fourth-order valence-electron chi connectivity index (χ4n) is 0.978. The second-order valence-corrected chi connectivity index (χ2v) is 3.15. The van der Waals surface area contributed by atoms with Gasteiger partial charge in [0.1, 0.15) is 0 Å². The molecule has 0 aromatic carbocycles. The molecular weight excluding hydrogens is 196 g/mol. The molecule has 82 valence electrons. The number of pyridine rings is 1. The molecule has 0 saturated carbocycles. The van der Waals surface area contributed by atoms with Gasteiger partial charge in [0.15, 0.2) is 0 Å². The fraction of sp³-hybridized carbons (Fsp3) is 0.400. The minimum atomic E-state index is -0.555. The lowest BCUT2D eigenvalue weighted by atomic mass is 10.2. The second-order valence-electron chi connectivity index (χ2n) is 3.15. The van der Waals surface area contributed by atoms with E-state index in [1.54, 1.807) is 19.1 Å². The first-order valence-electron chi connectivity index (χ1n) is 4.60. The number of carbonyl (C=O) groups is 1. The van der Waals surface area contributed by atoms with Gasteiger partial charge in [0.05, 0.1) is 18.8 Å². The van der Waals surface area contributed by atoms with Gasteiger partial charge in [-0.3, -0.25) is 4.79 Å². The van der Waals surface area contributed by atoms with Crippen LogP contribution in [0.3, 0.4) is 0 Å². The maximum atomic E-state index is 11.4. The van der Waals surface area contributed by atoms with Crippen LogP contribution < -0.4 is 10.1 Å². The van der Waals surface area contributed by atoms with Gasteiger partial charge in [0.25, 0.3) is 5.91 Å². The van der Waals surface area contributed by atoms with E-state index < -0.39 is 6.10 Å². The van der Waals surface area contributed by atoms with Crippen molar-refractivity contribution in [1.29, 1.82) is 0 Å². The van der Waals surface area contributed by atoms with Crippen molar-refractivity contribution in [3.05, 3.63) is 23.9 Å². The lowest BCUT2D eigenvalue weighted by Gasteiger charge is -2.06. The quantitative estimate of drug-likeness (QED) is 0.744. The number of amides is 1. The highest BCUT2D eigenvalue weighted by Gasteiger charge is 2.06. The van der Waals surface area contributed by atoms with Crippen LogP contribution in [0.5, 0.6) is 5.88 Å². The molecule has 5 nitrogen and oxygen atoms in total. The van der Waals surface area contributed by atoms with Gasteiger partial charge in [-0.2, -0.15) is 0 Å². The summed E-state index contributed by atoms with van der Waals surface area (Å²) in [5.41, 5.74) is 0.441.